The van der Waals surface area contributed by atoms with Crippen LogP contribution in [0, 0.1) is 6.92 Å². The van der Waals surface area contributed by atoms with Gasteiger partial charge >= 0.3 is 12.1 Å². The number of nitrogens with zero attached hydrogens (tertiary/aromatic N) is 4. The van der Waals surface area contributed by atoms with Crippen LogP contribution in [0.2, 0.25) is 0 Å². The molecule has 0 fully saturated rings. The fourth-order valence-corrected chi connectivity index (χ4v) is 3.65. The Morgan fingerprint density at radius 3 is 2.41 bits per heavy atom. The molecule has 0 atom stereocenters. The molecular weight excluding hydrogens is 451 g/mol. The third-order valence-corrected chi connectivity index (χ3v) is 5.68. The smallest absolute Gasteiger partial charge is 0.475 e. The van der Waals surface area contributed by atoms with E-state index in [-0.39, 0.29) is 11.4 Å². The Morgan fingerprint density at radius 1 is 1.12 bits per heavy atom. The Kier molecular flexibility index (Phi) is 7.25. The third kappa shape index (κ3) is 5.90. The lowest BCUT2D eigenvalue weighted by Gasteiger charge is -2.41. The van der Waals surface area contributed by atoms with Gasteiger partial charge in [0.2, 0.25) is 5.82 Å². The molecule has 0 aliphatic carbocycles. The summed E-state index contributed by atoms with van der Waals surface area (Å²) in [7, 11) is 0. The summed E-state index contributed by atoms with van der Waals surface area (Å²) < 4.78 is 33.5. The standard InChI is InChI=1S/C21H25N5O.C2HF3O2/c1-15-8-11-26-18(12-15)23-24-19(26)20(27)22-14-21(2,3)25-10-9-16-6-4-5-7-17(16)13-25;3-2(4,5)1(6)7/h4-8,11-12H,9-10,13-14H2,1-3H3,(H,22,27);(H,6,7). The number of carboxylic acids is 1. The number of amides is 1. The quantitative estimate of drug-likeness (QED) is 0.599. The van der Waals surface area contributed by atoms with Crippen molar-refractivity contribution in [2.24, 2.45) is 0 Å². The van der Waals surface area contributed by atoms with Crippen LogP contribution >= 0.6 is 0 Å². The highest BCUT2D eigenvalue weighted by atomic mass is 19.4. The Labute approximate surface area is 194 Å². The molecule has 2 N–H and O–H groups in total. The number of carboxylic acid groups (broad SMARTS) is 1. The number of hydrogen-bond acceptors (Lipinski definition) is 5. The van der Waals surface area contributed by atoms with Gasteiger partial charge in [-0.05, 0) is 56.0 Å². The van der Waals surface area contributed by atoms with Gasteiger partial charge < -0.3 is 10.4 Å². The largest absolute Gasteiger partial charge is 0.490 e. The number of rotatable bonds is 4. The molecule has 0 spiro atoms. The fraction of sp³-hybridized carbons (Fsp3) is 0.391. The summed E-state index contributed by atoms with van der Waals surface area (Å²) in [5.41, 5.74) is 4.43. The zero-order valence-corrected chi connectivity index (χ0v) is 19.1. The summed E-state index contributed by atoms with van der Waals surface area (Å²) in [6.07, 6.45) is -2.20. The van der Waals surface area contributed by atoms with E-state index < -0.39 is 12.1 Å². The van der Waals surface area contributed by atoms with Crippen molar-refractivity contribution >= 4 is 17.5 Å². The third-order valence-electron chi connectivity index (χ3n) is 5.68. The van der Waals surface area contributed by atoms with E-state index in [1.807, 2.05) is 25.3 Å². The second-order valence-electron chi connectivity index (χ2n) is 8.69. The number of halogens is 3. The van der Waals surface area contributed by atoms with E-state index in [0.717, 1.165) is 25.1 Å². The van der Waals surface area contributed by atoms with Gasteiger partial charge in [0.1, 0.15) is 0 Å². The van der Waals surface area contributed by atoms with E-state index in [9.17, 15) is 18.0 Å². The minimum absolute atomic E-state index is 0.153. The Bertz CT molecular complexity index is 1190. The minimum atomic E-state index is -5.08. The van der Waals surface area contributed by atoms with Crippen LogP contribution in [-0.2, 0) is 17.8 Å². The second kappa shape index (κ2) is 9.80. The summed E-state index contributed by atoms with van der Waals surface area (Å²) >= 11 is 0. The number of carbonyl (C=O) groups excluding carboxylic acids is 1. The minimum Gasteiger partial charge on any atom is -0.475 e. The summed E-state index contributed by atoms with van der Waals surface area (Å²) in [5, 5.41) is 18.3. The van der Waals surface area contributed by atoms with Crippen molar-refractivity contribution in [1.82, 2.24) is 24.8 Å². The Balaban J connectivity index is 0.000000406. The predicted octanol–water partition coefficient (Wildman–Crippen LogP) is 3.24. The number of aromatic nitrogens is 3. The van der Waals surface area contributed by atoms with Crippen molar-refractivity contribution < 1.29 is 27.9 Å². The maximum Gasteiger partial charge on any atom is 0.490 e. The Morgan fingerprint density at radius 2 is 1.76 bits per heavy atom. The van der Waals surface area contributed by atoms with E-state index in [1.165, 1.54) is 11.1 Å². The van der Waals surface area contributed by atoms with Gasteiger partial charge in [0.15, 0.2) is 5.65 Å². The van der Waals surface area contributed by atoms with Crippen LogP contribution in [0.5, 0.6) is 0 Å². The number of fused-ring (bicyclic) bond motifs is 2. The SMILES string of the molecule is Cc1ccn2c(C(=O)NCC(C)(C)N3CCc4ccccc4C3)nnc2c1.O=C(O)C(F)(F)F. The van der Waals surface area contributed by atoms with Crippen molar-refractivity contribution in [1.29, 1.82) is 0 Å². The molecule has 3 aromatic rings. The molecule has 34 heavy (non-hydrogen) atoms. The zero-order valence-electron chi connectivity index (χ0n) is 19.1. The van der Waals surface area contributed by atoms with Gasteiger partial charge in [0.25, 0.3) is 5.91 Å². The average Bonchev–Trinajstić information content (AvgIpc) is 3.20. The number of alkyl halides is 3. The molecule has 1 aliphatic rings. The number of aliphatic carboxylic acids is 1. The molecule has 0 unspecified atom stereocenters. The van der Waals surface area contributed by atoms with Crippen LogP contribution in [-0.4, -0.2) is 61.3 Å². The molecule has 0 saturated heterocycles. The molecule has 8 nitrogen and oxygen atoms in total. The highest BCUT2D eigenvalue weighted by Crippen LogP contribution is 2.25. The van der Waals surface area contributed by atoms with Crippen molar-refractivity contribution in [3.05, 3.63) is 65.1 Å². The topological polar surface area (TPSA) is 99.8 Å². The maximum atomic E-state index is 12.7. The lowest BCUT2D eigenvalue weighted by molar-refractivity contribution is -0.192. The number of pyridine rings is 1. The van der Waals surface area contributed by atoms with Gasteiger partial charge in [0, 0.05) is 31.4 Å². The predicted molar refractivity (Wildman–Crippen MR) is 118 cm³/mol. The lowest BCUT2D eigenvalue weighted by Crippen LogP contribution is -2.53. The van der Waals surface area contributed by atoms with E-state index in [2.05, 4.69) is 58.5 Å². The molecular formula is C23H26F3N5O3. The van der Waals surface area contributed by atoms with Gasteiger partial charge in [-0.15, -0.1) is 10.2 Å². The molecule has 3 heterocycles. The number of benzene rings is 1. The van der Waals surface area contributed by atoms with E-state index >= 15 is 0 Å². The molecule has 0 radical (unpaired) electrons. The summed E-state index contributed by atoms with van der Waals surface area (Å²) in [5.74, 6) is -2.63. The van der Waals surface area contributed by atoms with Crippen LogP contribution in [0.25, 0.3) is 5.65 Å². The van der Waals surface area contributed by atoms with Crippen molar-refractivity contribution in [2.75, 3.05) is 13.1 Å². The molecule has 2 aromatic heterocycles. The summed E-state index contributed by atoms with van der Waals surface area (Å²) in [6, 6.07) is 12.5. The van der Waals surface area contributed by atoms with E-state index in [4.69, 9.17) is 9.90 Å². The second-order valence-corrected chi connectivity index (χ2v) is 8.69. The fourth-order valence-electron chi connectivity index (χ4n) is 3.65. The number of hydrogen-bond donors (Lipinski definition) is 2. The van der Waals surface area contributed by atoms with Crippen LogP contribution in [0.1, 0.15) is 41.2 Å². The van der Waals surface area contributed by atoms with Gasteiger partial charge in [-0.3, -0.25) is 14.1 Å². The van der Waals surface area contributed by atoms with Crippen molar-refractivity contribution in [2.45, 2.75) is 45.5 Å². The molecule has 0 saturated carbocycles. The van der Waals surface area contributed by atoms with Crippen LogP contribution in [0.3, 0.4) is 0 Å². The summed E-state index contributed by atoms with van der Waals surface area (Å²) in [6.45, 7) is 8.79. The van der Waals surface area contributed by atoms with E-state index in [0.29, 0.717) is 18.0 Å². The van der Waals surface area contributed by atoms with Crippen molar-refractivity contribution in [3.63, 3.8) is 0 Å². The first-order chi connectivity index (χ1) is 15.9. The lowest BCUT2D eigenvalue weighted by atomic mass is 9.94. The molecule has 1 amide bonds. The normalized spacial score (nSPS) is 14.2. The first-order valence-electron chi connectivity index (χ1n) is 10.6. The number of aryl methyl sites for hydroxylation is 1. The summed E-state index contributed by atoms with van der Waals surface area (Å²) in [4.78, 5) is 24.0. The first-order valence-corrected chi connectivity index (χ1v) is 10.6. The maximum absolute atomic E-state index is 12.7. The van der Waals surface area contributed by atoms with Crippen LogP contribution < -0.4 is 5.32 Å². The number of carbonyl (C=O) groups is 2. The van der Waals surface area contributed by atoms with Gasteiger partial charge in [-0.2, -0.15) is 13.2 Å². The highest BCUT2D eigenvalue weighted by Gasteiger charge is 2.38. The molecule has 4 rings (SSSR count). The van der Waals surface area contributed by atoms with Crippen molar-refractivity contribution in [3.8, 4) is 0 Å². The molecule has 182 valence electrons. The van der Waals surface area contributed by atoms with Gasteiger partial charge in [0.05, 0.1) is 0 Å². The van der Waals surface area contributed by atoms with Gasteiger partial charge in [-0.1, -0.05) is 24.3 Å². The number of nitrogens with one attached hydrogen (secondary N) is 1. The zero-order chi connectivity index (χ0) is 25.1. The molecule has 1 aromatic carbocycles. The molecule has 0 bridgehead atoms. The first kappa shape index (κ1) is 25.2. The molecule has 11 heteroatoms. The average molecular weight is 477 g/mol. The monoisotopic (exact) mass is 477 g/mol. The van der Waals surface area contributed by atoms with Crippen LogP contribution in [0.4, 0.5) is 13.2 Å². The van der Waals surface area contributed by atoms with E-state index in [1.54, 1.807) is 4.40 Å². The highest BCUT2D eigenvalue weighted by molar-refractivity contribution is 5.91. The Hall–Kier alpha value is -3.47. The van der Waals surface area contributed by atoms with Crippen LogP contribution in [0.15, 0.2) is 42.6 Å². The van der Waals surface area contributed by atoms with Gasteiger partial charge in [-0.25, -0.2) is 4.79 Å². The molecule has 1 aliphatic heterocycles.